The van der Waals surface area contributed by atoms with Gasteiger partial charge in [0.15, 0.2) is 0 Å². The zero-order valence-electron chi connectivity index (χ0n) is 18.2. The fraction of sp³-hybridized carbons (Fsp3) is 0.481. The van der Waals surface area contributed by atoms with Gasteiger partial charge in [0.1, 0.15) is 5.60 Å². The molecule has 2 nitrogen and oxygen atoms in total. The number of nitrogens with zero attached hydrogens (tertiary/aromatic N) is 1. The van der Waals surface area contributed by atoms with E-state index in [9.17, 15) is 5.11 Å². The molecule has 0 heterocycles. The van der Waals surface area contributed by atoms with Crippen molar-refractivity contribution in [1.29, 1.82) is 0 Å². The summed E-state index contributed by atoms with van der Waals surface area (Å²) in [5.74, 6) is 7.03. The zero-order valence-corrected chi connectivity index (χ0v) is 18.2. The van der Waals surface area contributed by atoms with Crippen molar-refractivity contribution in [2.45, 2.75) is 70.6 Å². The van der Waals surface area contributed by atoms with Gasteiger partial charge in [-0.15, -0.1) is 0 Å². The quantitative estimate of drug-likeness (QED) is 0.635. The van der Waals surface area contributed by atoms with E-state index in [1.807, 2.05) is 18.2 Å². The molecule has 0 saturated heterocycles. The predicted molar refractivity (Wildman–Crippen MR) is 121 cm³/mol. The maximum Gasteiger partial charge on any atom is 0.103 e. The van der Waals surface area contributed by atoms with Crippen molar-refractivity contribution in [2.75, 3.05) is 6.54 Å². The van der Waals surface area contributed by atoms with Gasteiger partial charge in [-0.05, 0) is 50.7 Å². The summed E-state index contributed by atoms with van der Waals surface area (Å²) in [6, 6.07) is 20.7. The van der Waals surface area contributed by atoms with Crippen LogP contribution in [-0.2, 0) is 12.1 Å². The first-order chi connectivity index (χ1) is 13.9. The van der Waals surface area contributed by atoms with E-state index in [4.69, 9.17) is 0 Å². The maximum atomic E-state index is 11.6. The van der Waals surface area contributed by atoms with Crippen molar-refractivity contribution in [1.82, 2.24) is 4.90 Å². The number of benzene rings is 2. The van der Waals surface area contributed by atoms with Crippen LogP contribution in [0.2, 0.25) is 0 Å². The molecule has 1 saturated carbocycles. The topological polar surface area (TPSA) is 23.5 Å². The molecule has 1 aliphatic rings. The van der Waals surface area contributed by atoms with Gasteiger partial charge in [0.25, 0.3) is 0 Å². The third kappa shape index (κ3) is 5.72. The van der Waals surface area contributed by atoms with Gasteiger partial charge in [-0.3, -0.25) is 4.90 Å². The van der Waals surface area contributed by atoms with Crippen LogP contribution in [0.1, 0.15) is 64.0 Å². The van der Waals surface area contributed by atoms with Crippen LogP contribution < -0.4 is 0 Å². The minimum absolute atomic E-state index is 0.0334. The first kappa shape index (κ1) is 21.6. The lowest BCUT2D eigenvalue weighted by Crippen LogP contribution is -2.41. The number of hydrogen-bond donors (Lipinski definition) is 1. The van der Waals surface area contributed by atoms with Crippen LogP contribution >= 0.6 is 0 Å². The van der Waals surface area contributed by atoms with Crippen molar-refractivity contribution in [3.63, 3.8) is 0 Å². The van der Waals surface area contributed by atoms with Gasteiger partial charge in [0.2, 0.25) is 0 Å². The summed E-state index contributed by atoms with van der Waals surface area (Å²) in [5, 5.41) is 11.6. The second-order valence-electron chi connectivity index (χ2n) is 9.31. The first-order valence-electron chi connectivity index (χ1n) is 10.9. The molecule has 0 spiro atoms. The van der Waals surface area contributed by atoms with Gasteiger partial charge in [0, 0.05) is 18.5 Å². The average Bonchev–Trinajstić information content (AvgIpc) is 3.26. The molecule has 0 radical (unpaired) electrons. The summed E-state index contributed by atoms with van der Waals surface area (Å²) in [4.78, 5) is 2.40. The summed E-state index contributed by atoms with van der Waals surface area (Å²) in [5.41, 5.74) is 1.51. The summed E-state index contributed by atoms with van der Waals surface area (Å²) in [6.45, 7) is 8.28. The van der Waals surface area contributed by atoms with E-state index in [0.29, 0.717) is 18.9 Å². The van der Waals surface area contributed by atoms with Crippen LogP contribution in [0.4, 0.5) is 0 Å². The Labute approximate surface area is 177 Å². The molecule has 1 N–H and O–H groups in total. The van der Waals surface area contributed by atoms with E-state index < -0.39 is 5.60 Å². The van der Waals surface area contributed by atoms with Gasteiger partial charge >= 0.3 is 0 Å². The SMILES string of the molecule is CC(C)(C)N(CC#CCC(O)(c1ccccc1)C1CCCC1)Cc1ccccc1. The molecule has 0 bridgehead atoms. The van der Waals surface area contributed by atoms with Crippen molar-refractivity contribution in [3.8, 4) is 11.8 Å². The van der Waals surface area contributed by atoms with E-state index in [1.165, 1.54) is 18.4 Å². The highest BCUT2D eigenvalue weighted by Crippen LogP contribution is 2.42. The molecule has 154 valence electrons. The molecule has 1 aliphatic carbocycles. The van der Waals surface area contributed by atoms with Crippen LogP contribution in [0.5, 0.6) is 0 Å². The lowest BCUT2D eigenvalue weighted by atomic mass is 9.78. The molecular weight excluding hydrogens is 354 g/mol. The standard InChI is InChI=1S/C27H35NO/c1-26(2,3)28(22-23-14-6-4-7-15-23)21-13-12-20-27(29,25-18-10-11-19-25)24-16-8-5-9-17-24/h4-9,14-17,25,29H,10-11,18-22H2,1-3H3. The Morgan fingerprint density at radius 3 is 2.07 bits per heavy atom. The molecule has 0 aliphatic heterocycles. The lowest BCUT2D eigenvalue weighted by molar-refractivity contribution is -0.0173. The lowest BCUT2D eigenvalue weighted by Gasteiger charge is -2.34. The summed E-state index contributed by atoms with van der Waals surface area (Å²) in [7, 11) is 0. The second kappa shape index (κ2) is 9.61. The van der Waals surface area contributed by atoms with Crippen LogP contribution in [0.25, 0.3) is 0 Å². The van der Waals surface area contributed by atoms with Gasteiger partial charge in [-0.2, -0.15) is 0 Å². The normalized spacial score (nSPS) is 17.0. The largest absolute Gasteiger partial charge is 0.384 e. The molecule has 0 amide bonds. The first-order valence-corrected chi connectivity index (χ1v) is 10.9. The summed E-state index contributed by atoms with van der Waals surface area (Å²) in [6.07, 6.45) is 5.11. The van der Waals surface area contributed by atoms with Crippen LogP contribution in [0.3, 0.4) is 0 Å². The average molecular weight is 390 g/mol. The predicted octanol–water partition coefficient (Wildman–Crippen LogP) is 5.76. The molecule has 2 aromatic carbocycles. The highest BCUT2D eigenvalue weighted by molar-refractivity contribution is 5.26. The minimum Gasteiger partial charge on any atom is -0.384 e. The number of rotatable bonds is 6. The highest BCUT2D eigenvalue weighted by Gasteiger charge is 2.39. The second-order valence-corrected chi connectivity index (χ2v) is 9.31. The minimum atomic E-state index is -0.837. The van der Waals surface area contributed by atoms with Gasteiger partial charge in [-0.25, -0.2) is 0 Å². The highest BCUT2D eigenvalue weighted by atomic mass is 16.3. The fourth-order valence-corrected chi connectivity index (χ4v) is 4.29. The molecule has 3 rings (SSSR count). The summed E-state index contributed by atoms with van der Waals surface area (Å²) < 4.78 is 0. The Balaban J connectivity index is 1.72. The van der Waals surface area contributed by atoms with E-state index in [0.717, 1.165) is 24.9 Å². The van der Waals surface area contributed by atoms with Gasteiger partial charge in [0.05, 0.1) is 6.54 Å². The molecule has 1 unspecified atom stereocenters. The van der Waals surface area contributed by atoms with E-state index in [2.05, 4.69) is 80.0 Å². The Morgan fingerprint density at radius 2 is 1.48 bits per heavy atom. The molecule has 2 heteroatoms. The van der Waals surface area contributed by atoms with Crippen molar-refractivity contribution >= 4 is 0 Å². The summed E-state index contributed by atoms with van der Waals surface area (Å²) >= 11 is 0. The zero-order chi connectivity index (χ0) is 20.7. The molecule has 1 fully saturated rings. The van der Waals surface area contributed by atoms with Crippen molar-refractivity contribution in [2.24, 2.45) is 5.92 Å². The van der Waals surface area contributed by atoms with Crippen LogP contribution in [0, 0.1) is 17.8 Å². The fourth-order valence-electron chi connectivity index (χ4n) is 4.29. The Bertz CT molecular complexity index is 806. The van der Waals surface area contributed by atoms with Gasteiger partial charge in [-0.1, -0.05) is 85.3 Å². The van der Waals surface area contributed by atoms with Crippen molar-refractivity contribution in [3.05, 3.63) is 71.8 Å². The maximum absolute atomic E-state index is 11.6. The van der Waals surface area contributed by atoms with E-state index >= 15 is 0 Å². The number of aliphatic hydroxyl groups is 1. The molecule has 2 aromatic rings. The molecular formula is C27H35NO. The van der Waals surface area contributed by atoms with Crippen LogP contribution in [0.15, 0.2) is 60.7 Å². The third-order valence-corrected chi connectivity index (χ3v) is 6.22. The smallest absolute Gasteiger partial charge is 0.103 e. The Hall–Kier alpha value is -2.08. The molecule has 0 aromatic heterocycles. The van der Waals surface area contributed by atoms with Crippen LogP contribution in [-0.4, -0.2) is 22.1 Å². The van der Waals surface area contributed by atoms with E-state index in [-0.39, 0.29) is 5.54 Å². The third-order valence-electron chi connectivity index (χ3n) is 6.22. The van der Waals surface area contributed by atoms with Gasteiger partial charge < -0.3 is 5.11 Å². The monoisotopic (exact) mass is 389 g/mol. The Kier molecular flexibility index (Phi) is 7.17. The molecule has 29 heavy (non-hydrogen) atoms. The Morgan fingerprint density at radius 1 is 0.897 bits per heavy atom. The number of hydrogen-bond acceptors (Lipinski definition) is 2. The molecule has 1 atom stereocenters. The van der Waals surface area contributed by atoms with E-state index in [1.54, 1.807) is 0 Å². The van der Waals surface area contributed by atoms with Crippen molar-refractivity contribution < 1.29 is 5.11 Å².